The minimum atomic E-state index is -0.333. The van der Waals surface area contributed by atoms with E-state index in [0.29, 0.717) is 5.02 Å². The van der Waals surface area contributed by atoms with E-state index in [4.69, 9.17) is 23.2 Å². The maximum Gasteiger partial charge on any atom is 0.231 e. The van der Waals surface area contributed by atoms with Gasteiger partial charge in [0.05, 0.1) is 11.0 Å². The van der Waals surface area contributed by atoms with E-state index in [9.17, 15) is 4.79 Å². The van der Waals surface area contributed by atoms with Gasteiger partial charge in [0.1, 0.15) is 0 Å². The van der Waals surface area contributed by atoms with E-state index in [-0.39, 0.29) is 16.2 Å². The van der Waals surface area contributed by atoms with Crippen molar-refractivity contribution in [3.63, 3.8) is 0 Å². The summed E-state index contributed by atoms with van der Waals surface area (Å²) in [5, 5.41) is 0.454. The van der Waals surface area contributed by atoms with Gasteiger partial charge in [-0.05, 0) is 34.9 Å². The summed E-state index contributed by atoms with van der Waals surface area (Å²) in [5.74, 6) is 0.281. The SMILES string of the molecule is O=C(Cl)CSC(c1ccccc1)c1ccc(Cl)cc1. The summed E-state index contributed by atoms with van der Waals surface area (Å²) in [6, 6.07) is 17.7. The molecule has 1 atom stereocenters. The fraction of sp³-hybridized carbons (Fsp3) is 0.133. The lowest BCUT2D eigenvalue weighted by atomic mass is 10.0. The molecule has 0 aliphatic rings. The second-order valence-corrected chi connectivity index (χ2v) is 5.96. The van der Waals surface area contributed by atoms with Gasteiger partial charge in [-0.2, -0.15) is 0 Å². The van der Waals surface area contributed by atoms with E-state index in [1.165, 1.54) is 11.8 Å². The van der Waals surface area contributed by atoms with Crippen molar-refractivity contribution in [2.75, 3.05) is 5.75 Å². The Bertz CT molecular complexity index is 540. The second-order valence-electron chi connectivity index (χ2n) is 4.01. The molecule has 0 saturated heterocycles. The summed E-state index contributed by atoms with van der Waals surface area (Å²) in [6.45, 7) is 0. The zero-order chi connectivity index (χ0) is 13.7. The maximum absolute atomic E-state index is 11.0. The molecule has 0 amide bonds. The van der Waals surface area contributed by atoms with Crippen molar-refractivity contribution in [2.24, 2.45) is 0 Å². The van der Waals surface area contributed by atoms with Crippen LogP contribution in [0.3, 0.4) is 0 Å². The molecule has 0 radical (unpaired) electrons. The highest BCUT2D eigenvalue weighted by molar-refractivity contribution is 8.00. The number of carbonyl (C=O) groups is 1. The molecule has 2 aromatic carbocycles. The van der Waals surface area contributed by atoms with Gasteiger partial charge < -0.3 is 0 Å². The Morgan fingerprint density at radius 1 is 1.00 bits per heavy atom. The van der Waals surface area contributed by atoms with E-state index in [0.717, 1.165) is 11.1 Å². The van der Waals surface area contributed by atoms with Gasteiger partial charge in [0.25, 0.3) is 0 Å². The first-order chi connectivity index (χ1) is 9.16. The van der Waals surface area contributed by atoms with Gasteiger partial charge in [0, 0.05) is 5.02 Å². The summed E-state index contributed by atoms with van der Waals surface area (Å²) in [7, 11) is 0. The smallest absolute Gasteiger partial charge is 0.231 e. The lowest BCUT2D eigenvalue weighted by molar-refractivity contribution is -0.109. The summed E-state index contributed by atoms with van der Waals surface area (Å²) in [5.41, 5.74) is 2.26. The highest BCUT2D eigenvalue weighted by Gasteiger charge is 2.15. The molecule has 0 aliphatic heterocycles. The van der Waals surface area contributed by atoms with Crippen molar-refractivity contribution in [3.05, 3.63) is 70.7 Å². The van der Waals surface area contributed by atoms with Gasteiger partial charge in [0.15, 0.2) is 0 Å². The summed E-state index contributed by atoms with van der Waals surface area (Å²) < 4.78 is 0. The van der Waals surface area contributed by atoms with Crippen LogP contribution in [0.5, 0.6) is 0 Å². The molecule has 0 saturated carbocycles. The average Bonchev–Trinajstić information content (AvgIpc) is 2.42. The van der Waals surface area contributed by atoms with E-state index in [1.54, 1.807) is 0 Å². The first-order valence-electron chi connectivity index (χ1n) is 5.77. The van der Waals surface area contributed by atoms with E-state index < -0.39 is 0 Å². The Morgan fingerprint density at radius 3 is 2.16 bits per heavy atom. The first kappa shape index (κ1) is 14.4. The number of halogens is 2. The third-order valence-electron chi connectivity index (χ3n) is 2.64. The summed E-state index contributed by atoms with van der Waals surface area (Å²) in [6.07, 6.45) is 0. The minimum Gasteiger partial charge on any atom is -0.280 e. The predicted octanol–water partition coefficient (Wildman–Crippen LogP) is 4.93. The van der Waals surface area contributed by atoms with E-state index in [2.05, 4.69) is 0 Å². The molecule has 0 spiro atoms. The van der Waals surface area contributed by atoms with Crippen molar-refractivity contribution >= 4 is 40.2 Å². The van der Waals surface area contributed by atoms with Crippen LogP contribution in [-0.4, -0.2) is 11.0 Å². The van der Waals surface area contributed by atoms with Crippen LogP contribution in [0.15, 0.2) is 54.6 Å². The average molecular weight is 311 g/mol. The topological polar surface area (TPSA) is 17.1 Å². The van der Waals surface area contributed by atoms with Gasteiger partial charge >= 0.3 is 0 Å². The van der Waals surface area contributed by atoms with Crippen molar-refractivity contribution < 1.29 is 4.79 Å². The third kappa shape index (κ3) is 4.27. The zero-order valence-electron chi connectivity index (χ0n) is 10.1. The van der Waals surface area contributed by atoms with Crippen molar-refractivity contribution in [2.45, 2.75) is 5.25 Å². The van der Waals surface area contributed by atoms with Crippen LogP contribution >= 0.6 is 35.0 Å². The molecule has 1 unspecified atom stereocenters. The quantitative estimate of drug-likeness (QED) is 0.728. The normalized spacial score (nSPS) is 12.1. The lowest BCUT2D eigenvalue weighted by Gasteiger charge is -2.16. The van der Waals surface area contributed by atoms with Crippen LogP contribution in [0.4, 0.5) is 0 Å². The highest BCUT2D eigenvalue weighted by atomic mass is 35.5. The fourth-order valence-electron chi connectivity index (χ4n) is 1.80. The van der Waals surface area contributed by atoms with Crippen LogP contribution in [0.2, 0.25) is 5.02 Å². The van der Waals surface area contributed by atoms with Crippen LogP contribution in [-0.2, 0) is 4.79 Å². The Balaban J connectivity index is 2.28. The van der Waals surface area contributed by atoms with Crippen LogP contribution in [0, 0.1) is 0 Å². The molecule has 98 valence electrons. The molecule has 2 aromatic rings. The van der Waals surface area contributed by atoms with Crippen LogP contribution in [0.25, 0.3) is 0 Å². The molecule has 0 bridgehead atoms. The summed E-state index contributed by atoms with van der Waals surface area (Å²) in [4.78, 5) is 11.0. The first-order valence-corrected chi connectivity index (χ1v) is 7.57. The fourth-order valence-corrected chi connectivity index (χ4v) is 3.11. The van der Waals surface area contributed by atoms with Gasteiger partial charge in [-0.15, -0.1) is 11.8 Å². The van der Waals surface area contributed by atoms with E-state index >= 15 is 0 Å². The van der Waals surface area contributed by atoms with E-state index in [1.807, 2.05) is 54.6 Å². The summed E-state index contributed by atoms with van der Waals surface area (Å²) >= 11 is 12.9. The number of carbonyl (C=O) groups excluding carboxylic acids is 1. The van der Waals surface area contributed by atoms with Gasteiger partial charge in [-0.3, -0.25) is 4.79 Å². The largest absolute Gasteiger partial charge is 0.280 e. The second kappa shape index (κ2) is 6.99. The number of hydrogen-bond acceptors (Lipinski definition) is 2. The molecule has 0 N–H and O–H groups in total. The van der Waals surface area contributed by atoms with Gasteiger partial charge in [-0.1, -0.05) is 54.1 Å². The molecule has 1 nitrogen and oxygen atoms in total. The molecule has 19 heavy (non-hydrogen) atoms. The molecular weight excluding hydrogens is 299 g/mol. The number of rotatable bonds is 5. The molecular formula is C15H12Cl2OS. The number of thioether (sulfide) groups is 1. The number of benzene rings is 2. The zero-order valence-corrected chi connectivity index (χ0v) is 12.4. The van der Waals surface area contributed by atoms with Crippen molar-refractivity contribution in [1.82, 2.24) is 0 Å². The Morgan fingerprint density at radius 2 is 1.58 bits per heavy atom. The van der Waals surface area contributed by atoms with Crippen LogP contribution in [0.1, 0.15) is 16.4 Å². The molecule has 4 heteroatoms. The molecule has 0 aliphatic carbocycles. The predicted molar refractivity (Wildman–Crippen MR) is 83.1 cm³/mol. The van der Waals surface area contributed by atoms with Gasteiger partial charge in [-0.25, -0.2) is 0 Å². The molecule has 0 fully saturated rings. The Kier molecular flexibility index (Phi) is 5.32. The van der Waals surface area contributed by atoms with Crippen molar-refractivity contribution in [3.8, 4) is 0 Å². The van der Waals surface area contributed by atoms with Crippen molar-refractivity contribution in [1.29, 1.82) is 0 Å². The Hall–Kier alpha value is -0.960. The number of hydrogen-bond donors (Lipinski definition) is 0. The Labute approximate surface area is 126 Å². The van der Waals surface area contributed by atoms with Crippen LogP contribution < -0.4 is 0 Å². The van der Waals surface area contributed by atoms with Gasteiger partial charge in [0.2, 0.25) is 5.24 Å². The minimum absolute atomic E-state index is 0.0844. The molecule has 0 aromatic heterocycles. The highest BCUT2D eigenvalue weighted by Crippen LogP contribution is 2.36. The maximum atomic E-state index is 11.0. The standard InChI is InChI=1S/C15H12Cl2OS/c16-13-8-6-12(7-9-13)15(19-10-14(17)18)11-4-2-1-3-5-11/h1-9,15H,10H2. The molecule has 2 rings (SSSR count). The lowest BCUT2D eigenvalue weighted by Crippen LogP contribution is -2.00. The monoisotopic (exact) mass is 310 g/mol. The third-order valence-corrected chi connectivity index (χ3v) is 4.49. The molecule has 0 heterocycles.